The molecule has 0 saturated carbocycles. The lowest BCUT2D eigenvalue weighted by Crippen LogP contribution is -2.50. The largest absolute Gasteiger partial charge is 0.324 e. The highest BCUT2D eigenvalue weighted by atomic mass is 15.2. The van der Waals surface area contributed by atoms with E-state index in [1.165, 1.54) is 22.3 Å². The van der Waals surface area contributed by atoms with Crippen LogP contribution in [0.5, 0.6) is 0 Å². The maximum Gasteiger partial charge on any atom is 0.0528 e. The summed E-state index contributed by atoms with van der Waals surface area (Å²) in [4.78, 5) is 2.54. The van der Waals surface area contributed by atoms with E-state index in [2.05, 4.69) is 74.2 Å². The van der Waals surface area contributed by atoms with Crippen molar-refractivity contribution in [2.45, 2.75) is 45.3 Å². The zero-order valence-corrected chi connectivity index (χ0v) is 13.8. The topological polar surface area (TPSA) is 29.3 Å². The minimum absolute atomic E-state index is 0.262. The van der Waals surface area contributed by atoms with Gasteiger partial charge in [-0.15, -0.1) is 0 Å². The van der Waals surface area contributed by atoms with Gasteiger partial charge in [0.25, 0.3) is 0 Å². The number of nitrogens with two attached hydrogens (primary N) is 1. The van der Waals surface area contributed by atoms with Gasteiger partial charge in [-0.2, -0.15) is 0 Å². The molecular formula is C20H26N2. The molecule has 22 heavy (non-hydrogen) atoms. The molecule has 0 radical (unpaired) electrons. The minimum Gasteiger partial charge on any atom is -0.324 e. The zero-order chi connectivity index (χ0) is 15.7. The number of benzene rings is 2. The van der Waals surface area contributed by atoms with Gasteiger partial charge in [0.15, 0.2) is 0 Å². The first kappa shape index (κ1) is 15.3. The lowest BCUT2D eigenvalue weighted by molar-refractivity contribution is 0.117. The van der Waals surface area contributed by atoms with E-state index in [4.69, 9.17) is 5.73 Å². The average molecular weight is 294 g/mol. The lowest BCUT2D eigenvalue weighted by atomic mass is 9.82. The molecule has 2 aromatic carbocycles. The summed E-state index contributed by atoms with van der Waals surface area (Å²) in [6.45, 7) is 8.46. The van der Waals surface area contributed by atoms with Gasteiger partial charge in [-0.05, 0) is 43.9 Å². The zero-order valence-electron chi connectivity index (χ0n) is 13.8. The standard InChI is InChI=1S/C20H26N2/c1-15-7-6-8-16(13-15)14-22-12-11-17-9-4-5-10-18(17)19(22)20(2,3)21/h4-10,13,19H,11-12,14,21H2,1-3H3. The molecule has 0 saturated heterocycles. The Hall–Kier alpha value is -1.64. The van der Waals surface area contributed by atoms with Crippen molar-refractivity contribution in [2.24, 2.45) is 5.73 Å². The third-order valence-corrected chi connectivity index (χ3v) is 4.56. The highest BCUT2D eigenvalue weighted by Gasteiger charge is 2.36. The third kappa shape index (κ3) is 3.08. The van der Waals surface area contributed by atoms with Gasteiger partial charge in [0.2, 0.25) is 0 Å². The van der Waals surface area contributed by atoms with Crippen LogP contribution < -0.4 is 5.73 Å². The Morgan fingerprint density at radius 1 is 1.14 bits per heavy atom. The van der Waals surface area contributed by atoms with E-state index < -0.39 is 0 Å². The van der Waals surface area contributed by atoms with Gasteiger partial charge in [0.05, 0.1) is 6.04 Å². The predicted molar refractivity (Wildman–Crippen MR) is 92.7 cm³/mol. The van der Waals surface area contributed by atoms with Gasteiger partial charge in [-0.3, -0.25) is 4.90 Å². The van der Waals surface area contributed by atoms with Crippen molar-refractivity contribution in [2.75, 3.05) is 6.54 Å². The van der Waals surface area contributed by atoms with Crippen LogP contribution in [0.3, 0.4) is 0 Å². The van der Waals surface area contributed by atoms with Gasteiger partial charge in [0.1, 0.15) is 0 Å². The van der Waals surface area contributed by atoms with Crippen LogP contribution in [-0.4, -0.2) is 17.0 Å². The van der Waals surface area contributed by atoms with Crippen molar-refractivity contribution in [1.82, 2.24) is 4.90 Å². The summed E-state index contributed by atoms with van der Waals surface area (Å²) in [5.41, 5.74) is 11.8. The van der Waals surface area contributed by atoms with E-state index in [9.17, 15) is 0 Å². The molecule has 2 aromatic rings. The van der Waals surface area contributed by atoms with Crippen LogP contribution in [0.1, 0.15) is 42.1 Å². The molecule has 1 aliphatic rings. The number of nitrogens with zero attached hydrogens (tertiary/aromatic N) is 1. The molecule has 0 aliphatic carbocycles. The third-order valence-electron chi connectivity index (χ3n) is 4.56. The second-order valence-electron chi connectivity index (χ2n) is 7.13. The van der Waals surface area contributed by atoms with Crippen LogP contribution >= 0.6 is 0 Å². The summed E-state index contributed by atoms with van der Waals surface area (Å²) in [5.74, 6) is 0. The molecule has 3 rings (SSSR count). The second kappa shape index (κ2) is 5.86. The van der Waals surface area contributed by atoms with Crippen LogP contribution in [0, 0.1) is 6.92 Å². The summed E-state index contributed by atoms with van der Waals surface area (Å²) >= 11 is 0. The van der Waals surface area contributed by atoms with Gasteiger partial charge in [-0.1, -0.05) is 54.1 Å². The van der Waals surface area contributed by atoms with Crippen molar-refractivity contribution in [3.63, 3.8) is 0 Å². The van der Waals surface area contributed by atoms with E-state index in [1.807, 2.05) is 0 Å². The van der Waals surface area contributed by atoms with Crippen molar-refractivity contribution in [1.29, 1.82) is 0 Å². The molecule has 1 unspecified atom stereocenters. The summed E-state index contributed by atoms with van der Waals surface area (Å²) in [6, 6.07) is 17.8. The number of hydrogen-bond acceptors (Lipinski definition) is 2. The van der Waals surface area contributed by atoms with E-state index in [0.717, 1.165) is 19.5 Å². The minimum atomic E-state index is -0.264. The maximum absolute atomic E-state index is 6.56. The molecule has 1 atom stereocenters. The number of rotatable bonds is 3. The highest BCUT2D eigenvalue weighted by molar-refractivity contribution is 5.35. The summed E-state index contributed by atoms with van der Waals surface area (Å²) in [6.07, 6.45) is 1.11. The first-order valence-electron chi connectivity index (χ1n) is 8.11. The van der Waals surface area contributed by atoms with Gasteiger partial charge < -0.3 is 5.73 Å². The Morgan fingerprint density at radius 2 is 1.91 bits per heavy atom. The molecule has 0 bridgehead atoms. The maximum atomic E-state index is 6.56. The van der Waals surface area contributed by atoms with Crippen molar-refractivity contribution < 1.29 is 0 Å². The molecule has 0 fully saturated rings. The van der Waals surface area contributed by atoms with Crippen molar-refractivity contribution >= 4 is 0 Å². The Morgan fingerprint density at radius 3 is 2.64 bits per heavy atom. The second-order valence-corrected chi connectivity index (χ2v) is 7.13. The van der Waals surface area contributed by atoms with E-state index in [1.54, 1.807) is 0 Å². The van der Waals surface area contributed by atoms with E-state index in [-0.39, 0.29) is 11.6 Å². The molecule has 116 valence electrons. The monoisotopic (exact) mass is 294 g/mol. The SMILES string of the molecule is Cc1cccc(CN2CCc3ccccc3C2C(C)(C)N)c1. The van der Waals surface area contributed by atoms with Crippen LogP contribution in [-0.2, 0) is 13.0 Å². The Labute approximate surface area is 134 Å². The summed E-state index contributed by atoms with van der Waals surface area (Å²) in [5, 5.41) is 0. The number of hydrogen-bond donors (Lipinski definition) is 1. The fourth-order valence-corrected chi connectivity index (χ4v) is 3.71. The Balaban J connectivity index is 1.94. The summed E-state index contributed by atoms with van der Waals surface area (Å²) in [7, 11) is 0. The molecule has 0 amide bonds. The number of aryl methyl sites for hydroxylation is 1. The smallest absolute Gasteiger partial charge is 0.0528 e. The molecule has 0 spiro atoms. The normalized spacial score (nSPS) is 19.0. The fourth-order valence-electron chi connectivity index (χ4n) is 3.71. The van der Waals surface area contributed by atoms with Gasteiger partial charge >= 0.3 is 0 Å². The van der Waals surface area contributed by atoms with Crippen molar-refractivity contribution in [3.8, 4) is 0 Å². The summed E-state index contributed by atoms with van der Waals surface area (Å²) < 4.78 is 0. The molecule has 2 nitrogen and oxygen atoms in total. The van der Waals surface area contributed by atoms with Gasteiger partial charge in [-0.25, -0.2) is 0 Å². The number of fused-ring (bicyclic) bond motifs is 1. The Bertz CT molecular complexity index is 655. The fraction of sp³-hybridized carbons (Fsp3) is 0.400. The average Bonchev–Trinajstić information content (AvgIpc) is 2.45. The molecule has 2 N–H and O–H groups in total. The molecular weight excluding hydrogens is 268 g/mol. The molecule has 2 heteroatoms. The van der Waals surface area contributed by atoms with E-state index >= 15 is 0 Å². The molecule has 1 heterocycles. The highest BCUT2D eigenvalue weighted by Crippen LogP contribution is 2.37. The quantitative estimate of drug-likeness (QED) is 0.932. The van der Waals surface area contributed by atoms with Crippen LogP contribution in [0.25, 0.3) is 0 Å². The predicted octanol–water partition coefficient (Wildman–Crippen LogP) is 3.83. The Kier molecular flexibility index (Phi) is 4.07. The molecule has 0 aromatic heterocycles. The van der Waals surface area contributed by atoms with E-state index in [0.29, 0.717) is 0 Å². The van der Waals surface area contributed by atoms with Crippen LogP contribution in [0.2, 0.25) is 0 Å². The lowest BCUT2D eigenvalue weighted by Gasteiger charge is -2.44. The molecule has 1 aliphatic heterocycles. The first-order valence-corrected chi connectivity index (χ1v) is 8.11. The van der Waals surface area contributed by atoms with Crippen LogP contribution in [0.4, 0.5) is 0 Å². The van der Waals surface area contributed by atoms with Gasteiger partial charge in [0, 0.05) is 18.6 Å². The van der Waals surface area contributed by atoms with Crippen molar-refractivity contribution in [3.05, 3.63) is 70.8 Å². The van der Waals surface area contributed by atoms with Crippen LogP contribution in [0.15, 0.2) is 48.5 Å². The first-order chi connectivity index (χ1) is 10.4.